The lowest BCUT2D eigenvalue weighted by Gasteiger charge is -2.43. The molecule has 2 heteroatoms. The second kappa shape index (κ2) is 7.95. The Balaban J connectivity index is 2.22. The van der Waals surface area contributed by atoms with Gasteiger partial charge in [-0.2, -0.15) is 0 Å². The van der Waals surface area contributed by atoms with Crippen molar-refractivity contribution in [2.45, 2.75) is 70.4 Å². The number of rotatable bonds is 7. The zero-order valence-corrected chi connectivity index (χ0v) is 14.0. The summed E-state index contributed by atoms with van der Waals surface area (Å²) in [5.41, 5.74) is 2.78. The van der Waals surface area contributed by atoms with E-state index in [0.717, 1.165) is 6.61 Å². The van der Waals surface area contributed by atoms with Crippen LogP contribution in [0.5, 0.6) is 0 Å². The van der Waals surface area contributed by atoms with Crippen LogP contribution in [0.2, 0.25) is 0 Å². The molecule has 2 nitrogen and oxygen atoms in total. The molecular formula is C19H31NO. The minimum atomic E-state index is -0.0198. The summed E-state index contributed by atoms with van der Waals surface area (Å²) in [6, 6.07) is 9.45. The Bertz CT molecular complexity index is 401. The molecule has 1 aliphatic rings. The molecule has 1 fully saturated rings. The summed E-state index contributed by atoms with van der Waals surface area (Å²) < 4.78 is 6.29. The van der Waals surface area contributed by atoms with E-state index in [2.05, 4.69) is 50.5 Å². The number of hydrogen-bond acceptors (Lipinski definition) is 2. The van der Waals surface area contributed by atoms with Crippen molar-refractivity contribution in [1.29, 1.82) is 0 Å². The highest BCUT2D eigenvalue weighted by molar-refractivity contribution is 5.27. The molecular weight excluding hydrogens is 258 g/mol. The summed E-state index contributed by atoms with van der Waals surface area (Å²) in [6.45, 7) is 5.15. The van der Waals surface area contributed by atoms with E-state index in [4.69, 9.17) is 4.74 Å². The maximum atomic E-state index is 6.29. The Kier molecular flexibility index (Phi) is 6.25. The molecule has 0 amide bonds. The van der Waals surface area contributed by atoms with Crippen LogP contribution in [0, 0.1) is 0 Å². The zero-order valence-electron chi connectivity index (χ0n) is 14.0. The SMILES string of the molecule is CCCc1ccc(C(NC)C2(OCC)CCCCC2)cc1. The van der Waals surface area contributed by atoms with Crippen LogP contribution in [0.15, 0.2) is 24.3 Å². The van der Waals surface area contributed by atoms with Gasteiger partial charge in [0.25, 0.3) is 0 Å². The van der Waals surface area contributed by atoms with E-state index in [0.29, 0.717) is 6.04 Å². The van der Waals surface area contributed by atoms with E-state index >= 15 is 0 Å². The lowest BCUT2D eigenvalue weighted by Crippen LogP contribution is -2.46. The van der Waals surface area contributed by atoms with Gasteiger partial charge in [0, 0.05) is 6.61 Å². The quantitative estimate of drug-likeness (QED) is 0.789. The van der Waals surface area contributed by atoms with Gasteiger partial charge in [-0.3, -0.25) is 0 Å². The number of likely N-dealkylation sites (N-methyl/N-ethyl adjacent to an activating group) is 1. The fraction of sp³-hybridized carbons (Fsp3) is 0.684. The van der Waals surface area contributed by atoms with Gasteiger partial charge in [0.1, 0.15) is 0 Å². The summed E-state index contributed by atoms with van der Waals surface area (Å²) in [4.78, 5) is 0. The molecule has 0 aliphatic heterocycles. The van der Waals surface area contributed by atoms with Crippen molar-refractivity contribution >= 4 is 0 Å². The third kappa shape index (κ3) is 3.87. The zero-order chi connectivity index (χ0) is 15.1. The van der Waals surface area contributed by atoms with Crippen LogP contribution in [0.25, 0.3) is 0 Å². The Morgan fingerprint density at radius 3 is 2.29 bits per heavy atom. The first-order valence-electron chi connectivity index (χ1n) is 8.66. The summed E-state index contributed by atoms with van der Waals surface area (Å²) in [6.07, 6.45) is 8.63. The summed E-state index contributed by atoms with van der Waals surface area (Å²) in [7, 11) is 2.07. The van der Waals surface area contributed by atoms with Gasteiger partial charge in [-0.05, 0) is 44.4 Å². The molecule has 2 rings (SSSR count). The molecule has 118 valence electrons. The molecule has 1 atom stereocenters. The van der Waals surface area contributed by atoms with Gasteiger partial charge in [-0.15, -0.1) is 0 Å². The van der Waals surface area contributed by atoms with Gasteiger partial charge in [-0.25, -0.2) is 0 Å². The van der Waals surface area contributed by atoms with Crippen molar-refractivity contribution in [3.63, 3.8) is 0 Å². The normalized spacial score (nSPS) is 19.4. The van der Waals surface area contributed by atoms with E-state index in [-0.39, 0.29) is 5.60 Å². The lowest BCUT2D eigenvalue weighted by molar-refractivity contribution is -0.0898. The minimum Gasteiger partial charge on any atom is -0.373 e. The largest absolute Gasteiger partial charge is 0.373 e. The predicted molar refractivity (Wildman–Crippen MR) is 89.7 cm³/mol. The topological polar surface area (TPSA) is 21.3 Å². The van der Waals surface area contributed by atoms with E-state index in [1.807, 2.05) is 0 Å². The van der Waals surface area contributed by atoms with Gasteiger partial charge in [-0.1, -0.05) is 56.9 Å². The number of ether oxygens (including phenoxy) is 1. The maximum Gasteiger partial charge on any atom is 0.0876 e. The monoisotopic (exact) mass is 289 g/mol. The van der Waals surface area contributed by atoms with E-state index < -0.39 is 0 Å². The number of aryl methyl sites for hydroxylation is 1. The van der Waals surface area contributed by atoms with E-state index in [1.54, 1.807) is 0 Å². The Hall–Kier alpha value is -0.860. The molecule has 1 aromatic rings. The average molecular weight is 289 g/mol. The molecule has 1 N–H and O–H groups in total. The number of nitrogens with one attached hydrogen (secondary N) is 1. The molecule has 0 heterocycles. The molecule has 0 spiro atoms. The highest BCUT2D eigenvalue weighted by Gasteiger charge is 2.40. The molecule has 0 aromatic heterocycles. The van der Waals surface area contributed by atoms with Crippen molar-refractivity contribution < 1.29 is 4.74 Å². The second-order valence-corrected chi connectivity index (χ2v) is 6.27. The van der Waals surface area contributed by atoms with Crippen LogP contribution < -0.4 is 5.32 Å². The molecule has 21 heavy (non-hydrogen) atoms. The van der Waals surface area contributed by atoms with Gasteiger partial charge < -0.3 is 10.1 Å². The van der Waals surface area contributed by atoms with Gasteiger partial charge in [0.05, 0.1) is 11.6 Å². The third-order valence-corrected chi connectivity index (χ3v) is 4.80. The average Bonchev–Trinajstić information content (AvgIpc) is 2.51. The van der Waals surface area contributed by atoms with E-state index in [1.165, 1.54) is 56.1 Å². The fourth-order valence-electron chi connectivity index (χ4n) is 3.85. The lowest BCUT2D eigenvalue weighted by atomic mass is 9.76. The van der Waals surface area contributed by atoms with Crippen LogP contribution in [0.1, 0.15) is 69.5 Å². The second-order valence-electron chi connectivity index (χ2n) is 6.27. The summed E-state index contributed by atoms with van der Waals surface area (Å²) >= 11 is 0. The summed E-state index contributed by atoms with van der Waals surface area (Å²) in [5.74, 6) is 0. The molecule has 1 aliphatic carbocycles. The Labute approximate surface area is 130 Å². The third-order valence-electron chi connectivity index (χ3n) is 4.80. The van der Waals surface area contributed by atoms with Gasteiger partial charge in [0.15, 0.2) is 0 Å². The Morgan fingerprint density at radius 2 is 1.76 bits per heavy atom. The van der Waals surface area contributed by atoms with Crippen LogP contribution >= 0.6 is 0 Å². The van der Waals surface area contributed by atoms with E-state index in [9.17, 15) is 0 Å². The molecule has 0 bridgehead atoms. The highest BCUT2D eigenvalue weighted by atomic mass is 16.5. The standard InChI is InChI=1S/C19H31NO/c1-4-9-16-10-12-17(13-11-16)18(20-3)19(21-5-2)14-7-6-8-15-19/h10-13,18,20H,4-9,14-15H2,1-3H3. The smallest absolute Gasteiger partial charge is 0.0876 e. The first-order valence-corrected chi connectivity index (χ1v) is 8.66. The molecule has 1 saturated carbocycles. The first-order chi connectivity index (χ1) is 10.3. The number of hydrogen-bond donors (Lipinski definition) is 1. The molecule has 0 saturated heterocycles. The van der Waals surface area contributed by atoms with Crippen molar-refractivity contribution in [3.8, 4) is 0 Å². The van der Waals surface area contributed by atoms with Crippen LogP contribution in [0.4, 0.5) is 0 Å². The molecule has 1 unspecified atom stereocenters. The minimum absolute atomic E-state index is 0.0198. The Morgan fingerprint density at radius 1 is 1.10 bits per heavy atom. The van der Waals surface area contributed by atoms with Crippen molar-refractivity contribution in [2.24, 2.45) is 0 Å². The van der Waals surface area contributed by atoms with Crippen LogP contribution in [-0.4, -0.2) is 19.3 Å². The highest BCUT2D eigenvalue weighted by Crippen LogP contribution is 2.41. The van der Waals surface area contributed by atoms with Crippen molar-refractivity contribution in [1.82, 2.24) is 5.32 Å². The van der Waals surface area contributed by atoms with Crippen molar-refractivity contribution in [2.75, 3.05) is 13.7 Å². The fourth-order valence-corrected chi connectivity index (χ4v) is 3.85. The maximum absolute atomic E-state index is 6.29. The molecule has 1 aromatic carbocycles. The molecule has 0 radical (unpaired) electrons. The van der Waals surface area contributed by atoms with Crippen LogP contribution in [-0.2, 0) is 11.2 Å². The summed E-state index contributed by atoms with van der Waals surface area (Å²) in [5, 5.41) is 3.54. The van der Waals surface area contributed by atoms with Crippen molar-refractivity contribution in [3.05, 3.63) is 35.4 Å². The van der Waals surface area contributed by atoms with Gasteiger partial charge >= 0.3 is 0 Å². The first kappa shape index (κ1) is 16.5. The predicted octanol–water partition coefficient (Wildman–Crippen LogP) is 4.64. The number of benzene rings is 1. The van der Waals surface area contributed by atoms with Crippen LogP contribution in [0.3, 0.4) is 0 Å². The van der Waals surface area contributed by atoms with Gasteiger partial charge in [0.2, 0.25) is 0 Å².